The topological polar surface area (TPSA) is 34.9 Å². The predicted octanol–water partition coefficient (Wildman–Crippen LogP) is 5.98. The van der Waals surface area contributed by atoms with Gasteiger partial charge < -0.3 is 0 Å². The maximum Gasteiger partial charge on any atom is 0.278 e. The zero-order chi connectivity index (χ0) is 19.2. The highest BCUT2D eigenvalue weighted by Gasteiger charge is 2.17. The van der Waals surface area contributed by atoms with Crippen LogP contribution >= 0.6 is 0 Å². The van der Waals surface area contributed by atoms with Crippen LogP contribution in [0.5, 0.6) is 0 Å². The summed E-state index contributed by atoms with van der Waals surface area (Å²) in [5.41, 5.74) is 6.09. The highest BCUT2D eigenvalue weighted by molar-refractivity contribution is 5.96. The van der Waals surface area contributed by atoms with E-state index in [2.05, 4.69) is 24.2 Å². The second-order valence-electron chi connectivity index (χ2n) is 7.12. The molecule has 1 heterocycles. The molecule has 1 aromatic heterocycles. The highest BCUT2D eigenvalue weighted by Crippen LogP contribution is 2.21. The zero-order valence-electron chi connectivity index (χ0n) is 16.5. The Morgan fingerprint density at radius 1 is 0.889 bits per heavy atom. The van der Waals surface area contributed by atoms with Crippen LogP contribution in [0.3, 0.4) is 0 Å². The number of aromatic nitrogens is 2. The summed E-state index contributed by atoms with van der Waals surface area (Å²) in [7, 11) is 0. The van der Waals surface area contributed by atoms with Crippen molar-refractivity contribution < 1.29 is 4.79 Å². The summed E-state index contributed by atoms with van der Waals surface area (Å²) in [5, 5.41) is 4.53. The summed E-state index contributed by atoms with van der Waals surface area (Å²) in [5.74, 6) is -0.0602. The SMILES string of the molecule is CCCCCCc1c(C)nn(C(=O)c2ccc(-c3ccccc3)cc2)c1C. The maximum absolute atomic E-state index is 13.0. The first-order chi connectivity index (χ1) is 13.1. The van der Waals surface area contributed by atoms with Gasteiger partial charge >= 0.3 is 0 Å². The number of nitrogens with zero attached hydrogens (tertiary/aromatic N) is 2. The molecule has 0 saturated carbocycles. The van der Waals surface area contributed by atoms with Gasteiger partial charge in [-0.1, -0.05) is 68.7 Å². The lowest BCUT2D eigenvalue weighted by atomic mass is 10.0. The molecular weight excluding hydrogens is 332 g/mol. The lowest BCUT2D eigenvalue weighted by Gasteiger charge is -2.06. The molecule has 0 unspecified atom stereocenters. The minimum absolute atomic E-state index is 0.0602. The van der Waals surface area contributed by atoms with Gasteiger partial charge in [-0.15, -0.1) is 0 Å². The fraction of sp³-hybridized carbons (Fsp3) is 0.333. The number of unbranched alkanes of at least 4 members (excludes halogenated alkanes) is 3. The van der Waals surface area contributed by atoms with Crippen molar-refractivity contribution in [1.82, 2.24) is 9.78 Å². The molecule has 27 heavy (non-hydrogen) atoms. The third-order valence-corrected chi connectivity index (χ3v) is 5.15. The molecule has 0 spiro atoms. The van der Waals surface area contributed by atoms with E-state index in [1.807, 2.05) is 56.3 Å². The Hall–Kier alpha value is -2.68. The number of rotatable bonds is 7. The van der Waals surface area contributed by atoms with E-state index in [1.165, 1.54) is 24.8 Å². The third-order valence-electron chi connectivity index (χ3n) is 5.15. The molecule has 0 bridgehead atoms. The van der Waals surface area contributed by atoms with E-state index in [0.717, 1.165) is 35.4 Å². The molecule has 2 aromatic carbocycles. The van der Waals surface area contributed by atoms with Crippen LogP contribution in [0, 0.1) is 13.8 Å². The van der Waals surface area contributed by atoms with Crippen LogP contribution < -0.4 is 0 Å². The van der Waals surface area contributed by atoms with Crippen molar-refractivity contribution in [2.24, 2.45) is 0 Å². The molecule has 0 aliphatic rings. The van der Waals surface area contributed by atoms with Gasteiger partial charge in [-0.3, -0.25) is 4.79 Å². The molecule has 0 aliphatic heterocycles. The minimum Gasteiger partial charge on any atom is -0.267 e. The maximum atomic E-state index is 13.0. The molecule has 0 N–H and O–H groups in total. The normalized spacial score (nSPS) is 10.9. The first-order valence-corrected chi connectivity index (χ1v) is 9.87. The van der Waals surface area contributed by atoms with E-state index in [9.17, 15) is 4.79 Å². The van der Waals surface area contributed by atoms with Gasteiger partial charge in [-0.25, -0.2) is 4.68 Å². The molecular formula is C24H28N2O. The van der Waals surface area contributed by atoms with Crippen LogP contribution in [-0.4, -0.2) is 15.7 Å². The van der Waals surface area contributed by atoms with Crippen LogP contribution in [0.4, 0.5) is 0 Å². The summed E-state index contributed by atoms with van der Waals surface area (Å²) >= 11 is 0. The lowest BCUT2D eigenvalue weighted by Crippen LogP contribution is -2.15. The lowest BCUT2D eigenvalue weighted by molar-refractivity contribution is 0.0942. The van der Waals surface area contributed by atoms with E-state index >= 15 is 0 Å². The second kappa shape index (κ2) is 8.81. The number of hydrogen-bond donors (Lipinski definition) is 0. The van der Waals surface area contributed by atoms with Crippen molar-refractivity contribution in [2.75, 3.05) is 0 Å². The molecule has 3 heteroatoms. The van der Waals surface area contributed by atoms with Gasteiger partial charge in [0.2, 0.25) is 0 Å². The summed E-state index contributed by atoms with van der Waals surface area (Å²) in [6.45, 7) is 6.23. The van der Waals surface area contributed by atoms with Crippen molar-refractivity contribution >= 4 is 5.91 Å². The summed E-state index contributed by atoms with van der Waals surface area (Å²) in [6, 6.07) is 18.0. The highest BCUT2D eigenvalue weighted by atomic mass is 16.2. The van der Waals surface area contributed by atoms with Crippen LogP contribution in [0.25, 0.3) is 11.1 Å². The largest absolute Gasteiger partial charge is 0.278 e. The monoisotopic (exact) mass is 360 g/mol. The first-order valence-electron chi connectivity index (χ1n) is 9.87. The fourth-order valence-electron chi connectivity index (χ4n) is 3.52. The molecule has 3 rings (SSSR count). The van der Waals surface area contributed by atoms with E-state index in [1.54, 1.807) is 4.68 Å². The zero-order valence-corrected chi connectivity index (χ0v) is 16.5. The Morgan fingerprint density at radius 2 is 1.56 bits per heavy atom. The molecule has 140 valence electrons. The van der Waals surface area contributed by atoms with Crippen molar-refractivity contribution in [1.29, 1.82) is 0 Å². The molecule has 3 nitrogen and oxygen atoms in total. The Bertz CT molecular complexity index is 892. The van der Waals surface area contributed by atoms with Crippen LogP contribution in [0.1, 0.15) is 59.9 Å². The Morgan fingerprint density at radius 3 is 2.22 bits per heavy atom. The second-order valence-corrected chi connectivity index (χ2v) is 7.12. The minimum atomic E-state index is -0.0602. The summed E-state index contributed by atoms with van der Waals surface area (Å²) < 4.78 is 1.57. The van der Waals surface area contributed by atoms with Gasteiger partial charge in [-0.05, 0) is 55.5 Å². The molecule has 0 radical (unpaired) electrons. The number of carbonyl (C=O) groups is 1. The Balaban J connectivity index is 1.78. The first kappa shape index (κ1) is 19.1. The number of aryl methyl sites for hydroxylation is 1. The molecule has 0 atom stereocenters. The Kier molecular flexibility index (Phi) is 6.23. The molecule has 0 aliphatic carbocycles. The van der Waals surface area contributed by atoms with E-state index in [0.29, 0.717) is 5.56 Å². The van der Waals surface area contributed by atoms with Gasteiger partial charge in [0.1, 0.15) is 0 Å². The van der Waals surface area contributed by atoms with E-state index in [-0.39, 0.29) is 5.91 Å². The van der Waals surface area contributed by atoms with Crippen molar-refractivity contribution in [3.8, 4) is 11.1 Å². The van der Waals surface area contributed by atoms with E-state index in [4.69, 9.17) is 0 Å². The molecule has 0 fully saturated rings. The van der Waals surface area contributed by atoms with Gasteiger partial charge in [-0.2, -0.15) is 5.10 Å². The average molecular weight is 361 g/mol. The van der Waals surface area contributed by atoms with Crippen LogP contribution in [0.2, 0.25) is 0 Å². The number of carbonyl (C=O) groups excluding carboxylic acids is 1. The quantitative estimate of drug-likeness (QED) is 0.486. The smallest absolute Gasteiger partial charge is 0.267 e. The van der Waals surface area contributed by atoms with E-state index < -0.39 is 0 Å². The average Bonchev–Trinajstić information content (AvgIpc) is 2.99. The van der Waals surface area contributed by atoms with Crippen LogP contribution in [0.15, 0.2) is 54.6 Å². The molecule has 0 saturated heterocycles. The number of hydrogen-bond acceptors (Lipinski definition) is 2. The fourth-order valence-corrected chi connectivity index (χ4v) is 3.52. The molecule has 0 amide bonds. The van der Waals surface area contributed by atoms with Crippen molar-refractivity contribution in [2.45, 2.75) is 52.9 Å². The van der Waals surface area contributed by atoms with Gasteiger partial charge in [0.15, 0.2) is 0 Å². The van der Waals surface area contributed by atoms with Crippen molar-refractivity contribution in [3.63, 3.8) is 0 Å². The predicted molar refractivity (Wildman–Crippen MR) is 111 cm³/mol. The van der Waals surface area contributed by atoms with Gasteiger partial charge in [0.05, 0.1) is 5.69 Å². The summed E-state index contributed by atoms with van der Waals surface area (Å²) in [4.78, 5) is 13.0. The molecule has 3 aromatic rings. The Labute approximate surface area is 162 Å². The number of benzene rings is 2. The third kappa shape index (κ3) is 4.36. The van der Waals surface area contributed by atoms with Gasteiger partial charge in [0, 0.05) is 11.3 Å². The van der Waals surface area contributed by atoms with Crippen LogP contribution in [-0.2, 0) is 6.42 Å². The van der Waals surface area contributed by atoms with Gasteiger partial charge in [0.25, 0.3) is 5.91 Å². The standard InChI is InChI=1S/C24H28N2O/c1-4-5-6-10-13-23-18(2)25-26(19(23)3)24(27)22-16-14-21(15-17-22)20-11-8-7-9-12-20/h7-9,11-12,14-17H,4-6,10,13H2,1-3H3. The van der Waals surface area contributed by atoms with Crippen molar-refractivity contribution in [3.05, 3.63) is 77.1 Å². The summed E-state index contributed by atoms with van der Waals surface area (Å²) in [6.07, 6.45) is 5.88.